The van der Waals surface area contributed by atoms with Gasteiger partial charge in [0, 0.05) is 0 Å². The van der Waals surface area contributed by atoms with Crippen LogP contribution in [0.4, 0.5) is 0 Å². The van der Waals surface area contributed by atoms with E-state index >= 15 is 0 Å². The van der Waals surface area contributed by atoms with Crippen molar-refractivity contribution in [3.8, 4) is 0 Å². The summed E-state index contributed by atoms with van der Waals surface area (Å²) >= 11 is 0. The van der Waals surface area contributed by atoms with Crippen LogP contribution in [0, 0.1) is 0 Å². The van der Waals surface area contributed by atoms with E-state index < -0.39 is 0 Å². The fourth-order valence-corrected chi connectivity index (χ4v) is 2.27. The first-order valence-electron chi connectivity index (χ1n) is 6.97. The molecule has 0 aromatic carbocycles. The Morgan fingerprint density at radius 1 is 1.00 bits per heavy atom. The highest BCUT2D eigenvalue weighted by Crippen LogP contribution is 2.06. The van der Waals surface area contributed by atoms with E-state index in [2.05, 4.69) is 16.8 Å². The van der Waals surface area contributed by atoms with E-state index in [0.717, 1.165) is 0 Å². The van der Waals surface area contributed by atoms with Gasteiger partial charge in [-0.1, -0.05) is 12.5 Å². The largest absolute Gasteiger partial charge is 0.317 e. The molecule has 0 atom stereocenters. The standard InChI is InChI=1S/C14H28N2/c1-2-3-4-5-6-10-15-11-9-14-16-12-7-8-13-16/h2,15H,1,3-14H2. The second-order valence-corrected chi connectivity index (χ2v) is 4.79. The summed E-state index contributed by atoms with van der Waals surface area (Å²) in [5.41, 5.74) is 0. The van der Waals surface area contributed by atoms with Crippen molar-refractivity contribution in [1.82, 2.24) is 10.2 Å². The summed E-state index contributed by atoms with van der Waals surface area (Å²) in [7, 11) is 0. The third-order valence-electron chi connectivity index (χ3n) is 3.29. The lowest BCUT2D eigenvalue weighted by Gasteiger charge is -2.14. The Morgan fingerprint density at radius 2 is 1.75 bits per heavy atom. The van der Waals surface area contributed by atoms with Gasteiger partial charge in [0.2, 0.25) is 0 Å². The lowest BCUT2D eigenvalue weighted by Crippen LogP contribution is -2.25. The summed E-state index contributed by atoms with van der Waals surface area (Å²) in [4.78, 5) is 2.59. The van der Waals surface area contributed by atoms with Crippen molar-refractivity contribution >= 4 is 0 Å². The predicted molar refractivity (Wildman–Crippen MR) is 71.8 cm³/mol. The van der Waals surface area contributed by atoms with Crippen LogP contribution in [0.25, 0.3) is 0 Å². The highest BCUT2D eigenvalue weighted by atomic mass is 15.1. The number of allylic oxidation sites excluding steroid dienone is 1. The molecule has 1 heterocycles. The summed E-state index contributed by atoms with van der Waals surface area (Å²) < 4.78 is 0. The van der Waals surface area contributed by atoms with Crippen molar-refractivity contribution in [3.05, 3.63) is 12.7 Å². The molecule has 0 aromatic rings. The Bertz CT molecular complexity index is 162. The minimum absolute atomic E-state index is 1.18. The fourth-order valence-electron chi connectivity index (χ4n) is 2.27. The second-order valence-electron chi connectivity index (χ2n) is 4.79. The highest BCUT2D eigenvalue weighted by Gasteiger charge is 2.09. The molecule has 0 unspecified atom stereocenters. The van der Waals surface area contributed by atoms with Crippen molar-refractivity contribution in [3.63, 3.8) is 0 Å². The molecule has 1 aliphatic heterocycles. The summed E-state index contributed by atoms with van der Waals surface area (Å²) in [6.45, 7) is 10.1. The van der Waals surface area contributed by atoms with Crippen LogP contribution in [0.15, 0.2) is 12.7 Å². The van der Waals surface area contributed by atoms with Gasteiger partial charge in [0.1, 0.15) is 0 Å². The van der Waals surface area contributed by atoms with Gasteiger partial charge in [-0.05, 0) is 71.2 Å². The van der Waals surface area contributed by atoms with Gasteiger partial charge in [-0.2, -0.15) is 0 Å². The maximum atomic E-state index is 3.74. The number of hydrogen-bond donors (Lipinski definition) is 1. The molecular formula is C14H28N2. The molecule has 0 amide bonds. The molecule has 1 fully saturated rings. The molecule has 16 heavy (non-hydrogen) atoms. The van der Waals surface area contributed by atoms with Gasteiger partial charge in [-0.3, -0.25) is 0 Å². The Morgan fingerprint density at radius 3 is 2.50 bits per heavy atom. The number of likely N-dealkylation sites (tertiary alicyclic amines) is 1. The molecular weight excluding hydrogens is 196 g/mol. The first kappa shape index (κ1) is 13.7. The maximum Gasteiger partial charge on any atom is -0.000664 e. The first-order chi connectivity index (χ1) is 7.93. The first-order valence-corrected chi connectivity index (χ1v) is 6.97. The van der Waals surface area contributed by atoms with E-state index in [0.29, 0.717) is 0 Å². The number of hydrogen-bond acceptors (Lipinski definition) is 2. The molecule has 2 nitrogen and oxygen atoms in total. The van der Waals surface area contributed by atoms with Gasteiger partial charge >= 0.3 is 0 Å². The molecule has 0 radical (unpaired) electrons. The van der Waals surface area contributed by atoms with Crippen LogP contribution >= 0.6 is 0 Å². The Labute approximate surface area is 101 Å². The molecule has 0 spiro atoms. The number of rotatable bonds is 10. The van der Waals surface area contributed by atoms with Crippen molar-refractivity contribution in [2.24, 2.45) is 0 Å². The number of nitrogens with zero attached hydrogens (tertiary/aromatic N) is 1. The van der Waals surface area contributed by atoms with E-state index in [-0.39, 0.29) is 0 Å². The van der Waals surface area contributed by atoms with Crippen molar-refractivity contribution < 1.29 is 0 Å². The summed E-state index contributed by atoms with van der Waals surface area (Å²) in [5, 5.41) is 3.53. The van der Waals surface area contributed by atoms with E-state index in [1.54, 1.807) is 0 Å². The van der Waals surface area contributed by atoms with Gasteiger partial charge in [-0.15, -0.1) is 6.58 Å². The second kappa shape index (κ2) is 9.86. The van der Waals surface area contributed by atoms with Crippen LogP contribution in [0.2, 0.25) is 0 Å². The van der Waals surface area contributed by atoms with E-state index in [9.17, 15) is 0 Å². The molecule has 1 rings (SSSR count). The van der Waals surface area contributed by atoms with Crippen LogP contribution in [-0.4, -0.2) is 37.6 Å². The minimum atomic E-state index is 1.18. The summed E-state index contributed by atoms with van der Waals surface area (Å²) in [6, 6.07) is 0. The van der Waals surface area contributed by atoms with Crippen LogP contribution in [0.3, 0.4) is 0 Å². The fraction of sp³-hybridized carbons (Fsp3) is 0.857. The van der Waals surface area contributed by atoms with Crippen LogP contribution in [-0.2, 0) is 0 Å². The molecule has 1 aliphatic rings. The third kappa shape index (κ3) is 7.02. The Hall–Kier alpha value is -0.340. The van der Waals surface area contributed by atoms with Crippen LogP contribution in [0.5, 0.6) is 0 Å². The minimum Gasteiger partial charge on any atom is -0.317 e. The van der Waals surface area contributed by atoms with Crippen molar-refractivity contribution in [1.29, 1.82) is 0 Å². The maximum absolute atomic E-state index is 3.74. The topological polar surface area (TPSA) is 15.3 Å². The molecule has 1 saturated heterocycles. The quantitative estimate of drug-likeness (QED) is 0.453. The Kier molecular flexibility index (Phi) is 8.45. The van der Waals surface area contributed by atoms with E-state index in [4.69, 9.17) is 0 Å². The molecule has 94 valence electrons. The molecule has 1 N–H and O–H groups in total. The van der Waals surface area contributed by atoms with Gasteiger partial charge in [0.15, 0.2) is 0 Å². The normalized spacial score (nSPS) is 16.8. The van der Waals surface area contributed by atoms with Gasteiger partial charge < -0.3 is 10.2 Å². The SMILES string of the molecule is C=CCCCCCNCCCN1CCCC1. The van der Waals surface area contributed by atoms with Crippen LogP contribution in [0.1, 0.15) is 44.9 Å². The smallest absolute Gasteiger partial charge is 0.000664 e. The zero-order valence-corrected chi connectivity index (χ0v) is 10.7. The molecule has 0 aromatic heterocycles. The van der Waals surface area contributed by atoms with Gasteiger partial charge in [0.05, 0.1) is 0 Å². The number of unbranched alkanes of at least 4 members (excludes halogenated alkanes) is 3. The molecule has 0 saturated carbocycles. The molecule has 0 bridgehead atoms. The van der Waals surface area contributed by atoms with Crippen LogP contribution < -0.4 is 5.32 Å². The lowest BCUT2D eigenvalue weighted by molar-refractivity contribution is 0.331. The summed E-state index contributed by atoms with van der Waals surface area (Å²) in [6.07, 6.45) is 11.3. The highest BCUT2D eigenvalue weighted by molar-refractivity contribution is 4.67. The summed E-state index contributed by atoms with van der Waals surface area (Å²) in [5.74, 6) is 0. The van der Waals surface area contributed by atoms with Gasteiger partial charge in [0.25, 0.3) is 0 Å². The zero-order valence-electron chi connectivity index (χ0n) is 10.7. The molecule has 0 aliphatic carbocycles. The van der Waals surface area contributed by atoms with E-state index in [1.165, 1.54) is 77.7 Å². The number of nitrogens with one attached hydrogen (secondary N) is 1. The molecule has 2 heteroatoms. The monoisotopic (exact) mass is 224 g/mol. The van der Waals surface area contributed by atoms with Crippen molar-refractivity contribution in [2.45, 2.75) is 44.9 Å². The lowest BCUT2D eigenvalue weighted by atomic mass is 10.2. The van der Waals surface area contributed by atoms with Crippen molar-refractivity contribution in [2.75, 3.05) is 32.7 Å². The predicted octanol–water partition coefficient (Wildman–Crippen LogP) is 2.81. The average Bonchev–Trinajstić information content (AvgIpc) is 2.80. The zero-order chi connectivity index (χ0) is 11.5. The van der Waals surface area contributed by atoms with Gasteiger partial charge in [-0.25, -0.2) is 0 Å². The van der Waals surface area contributed by atoms with E-state index in [1.807, 2.05) is 6.08 Å². The average molecular weight is 224 g/mol. The third-order valence-corrected chi connectivity index (χ3v) is 3.29. The Balaban J connectivity index is 1.72.